The van der Waals surface area contributed by atoms with E-state index in [1.165, 1.54) is 25.0 Å². The molecule has 2 N–H and O–H groups in total. The van der Waals surface area contributed by atoms with Gasteiger partial charge >= 0.3 is 0 Å². The Morgan fingerprint density at radius 3 is 2.53 bits per heavy atom. The summed E-state index contributed by atoms with van der Waals surface area (Å²) in [6.07, 6.45) is 2.52. The first kappa shape index (κ1) is 13.9. The van der Waals surface area contributed by atoms with Gasteiger partial charge in [-0.1, -0.05) is 0 Å². The highest BCUT2D eigenvalue weighted by atomic mass is 16.3. The van der Waals surface area contributed by atoms with Gasteiger partial charge in [0.05, 0.1) is 6.54 Å². The van der Waals surface area contributed by atoms with Gasteiger partial charge < -0.3 is 10.2 Å². The summed E-state index contributed by atoms with van der Waals surface area (Å²) in [6.45, 7) is 5.50. The van der Waals surface area contributed by atoms with Crippen LogP contribution < -0.4 is 0 Å². The lowest BCUT2D eigenvalue weighted by molar-refractivity contribution is 0.0900. The van der Waals surface area contributed by atoms with E-state index < -0.39 is 0 Å². The molecule has 4 nitrogen and oxygen atoms in total. The monoisotopic (exact) mass is 263 g/mol. The van der Waals surface area contributed by atoms with Crippen molar-refractivity contribution in [1.29, 1.82) is 0 Å². The number of aromatic hydroxyl groups is 2. The van der Waals surface area contributed by atoms with Gasteiger partial charge in [0.25, 0.3) is 0 Å². The number of Topliss-reactive ketones (excluding diaryl/α,β-unsaturated/α-hetero) is 1. The van der Waals surface area contributed by atoms with Crippen molar-refractivity contribution in [2.45, 2.75) is 32.7 Å². The van der Waals surface area contributed by atoms with Crippen LogP contribution in [0.1, 0.15) is 37.0 Å². The number of rotatable bonds is 6. The Kier molecular flexibility index (Phi) is 4.10. The molecule has 1 aliphatic carbocycles. The minimum atomic E-state index is -0.246. The number of phenolic OH excluding ortho intramolecular Hbond substituents is 2. The Morgan fingerprint density at radius 2 is 2.00 bits per heavy atom. The zero-order chi connectivity index (χ0) is 14.0. The van der Waals surface area contributed by atoms with Crippen molar-refractivity contribution in [2.75, 3.05) is 13.1 Å². The molecule has 0 aromatic heterocycles. The van der Waals surface area contributed by atoms with Gasteiger partial charge in [-0.3, -0.25) is 9.69 Å². The van der Waals surface area contributed by atoms with Crippen LogP contribution in [0.2, 0.25) is 0 Å². The van der Waals surface area contributed by atoms with Crippen molar-refractivity contribution >= 4 is 5.78 Å². The fourth-order valence-corrected chi connectivity index (χ4v) is 2.06. The van der Waals surface area contributed by atoms with Crippen molar-refractivity contribution in [3.05, 3.63) is 23.8 Å². The lowest BCUT2D eigenvalue weighted by atomic mass is 10.1. The molecule has 0 unspecified atom stereocenters. The molecule has 1 fully saturated rings. The highest BCUT2D eigenvalue weighted by molar-refractivity contribution is 5.98. The Labute approximate surface area is 113 Å². The van der Waals surface area contributed by atoms with E-state index in [2.05, 4.69) is 18.7 Å². The first-order chi connectivity index (χ1) is 8.97. The van der Waals surface area contributed by atoms with Crippen LogP contribution in [-0.4, -0.2) is 40.0 Å². The van der Waals surface area contributed by atoms with E-state index in [4.69, 9.17) is 0 Å². The van der Waals surface area contributed by atoms with Crippen LogP contribution in [0.15, 0.2) is 18.2 Å². The fraction of sp³-hybridized carbons (Fsp3) is 0.533. The standard InChI is InChI=1S/C15H21NO3/c1-10(2)16(8-11-3-4-11)9-15(19)12-5-6-13(17)14(18)7-12/h5-7,10-11,17-18H,3-4,8-9H2,1-2H3. The number of hydrogen-bond acceptors (Lipinski definition) is 4. The molecule has 1 aromatic carbocycles. The first-order valence-electron chi connectivity index (χ1n) is 6.76. The SMILES string of the molecule is CC(C)N(CC(=O)c1ccc(O)c(O)c1)CC1CC1. The van der Waals surface area contributed by atoms with E-state index in [9.17, 15) is 15.0 Å². The number of hydrogen-bond donors (Lipinski definition) is 2. The van der Waals surface area contributed by atoms with Gasteiger partial charge in [0, 0.05) is 18.2 Å². The Balaban J connectivity index is 2.02. The molecule has 104 valence electrons. The molecule has 1 aromatic rings. The summed E-state index contributed by atoms with van der Waals surface area (Å²) in [5.41, 5.74) is 0.441. The van der Waals surface area contributed by atoms with E-state index in [0.717, 1.165) is 12.5 Å². The number of phenols is 2. The number of benzene rings is 1. The first-order valence-corrected chi connectivity index (χ1v) is 6.76. The van der Waals surface area contributed by atoms with E-state index in [1.807, 2.05) is 0 Å². The highest BCUT2D eigenvalue weighted by Crippen LogP contribution is 2.30. The third kappa shape index (κ3) is 3.70. The summed E-state index contributed by atoms with van der Waals surface area (Å²) in [4.78, 5) is 14.4. The third-order valence-electron chi connectivity index (χ3n) is 3.56. The van der Waals surface area contributed by atoms with Crippen molar-refractivity contribution in [2.24, 2.45) is 5.92 Å². The lowest BCUT2D eigenvalue weighted by Crippen LogP contribution is -2.37. The van der Waals surface area contributed by atoms with Crippen LogP contribution in [0.25, 0.3) is 0 Å². The summed E-state index contributed by atoms with van der Waals surface area (Å²) < 4.78 is 0. The quantitative estimate of drug-likeness (QED) is 0.611. The smallest absolute Gasteiger partial charge is 0.176 e. The fourth-order valence-electron chi connectivity index (χ4n) is 2.06. The van der Waals surface area contributed by atoms with Gasteiger partial charge in [0.2, 0.25) is 0 Å². The van der Waals surface area contributed by atoms with E-state index >= 15 is 0 Å². The van der Waals surface area contributed by atoms with Crippen LogP contribution in [0.4, 0.5) is 0 Å². The van der Waals surface area contributed by atoms with Crippen LogP contribution in [0.3, 0.4) is 0 Å². The molecule has 0 spiro atoms. The number of carbonyl (C=O) groups excluding carboxylic acids is 1. The van der Waals surface area contributed by atoms with Gasteiger partial charge in [0.1, 0.15) is 0 Å². The van der Waals surface area contributed by atoms with Gasteiger partial charge in [-0.15, -0.1) is 0 Å². The van der Waals surface area contributed by atoms with Crippen molar-refractivity contribution in [1.82, 2.24) is 4.90 Å². The minimum Gasteiger partial charge on any atom is -0.504 e. The average Bonchev–Trinajstić information content (AvgIpc) is 3.15. The molecule has 0 saturated heterocycles. The van der Waals surface area contributed by atoms with E-state index in [-0.39, 0.29) is 17.3 Å². The molecular formula is C15H21NO3. The predicted octanol–water partition coefficient (Wildman–Crippen LogP) is 2.40. The summed E-state index contributed by atoms with van der Waals surface area (Å²) in [5.74, 6) is 0.271. The Hall–Kier alpha value is -1.55. The Morgan fingerprint density at radius 1 is 1.32 bits per heavy atom. The molecule has 4 heteroatoms. The summed E-state index contributed by atoms with van der Waals surface area (Å²) in [5, 5.41) is 18.7. The maximum absolute atomic E-state index is 12.2. The maximum Gasteiger partial charge on any atom is 0.176 e. The van der Waals surface area contributed by atoms with E-state index in [1.54, 1.807) is 6.07 Å². The van der Waals surface area contributed by atoms with Gasteiger partial charge in [-0.05, 0) is 50.8 Å². The van der Waals surface area contributed by atoms with Gasteiger partial charge in [0.15, 0.2) is 17.3 Å². The van der Waals surface area contributed by atoms with Crippen molar-refractivity contribution in [3.8, 4) is 11.5 Å². The molecular weight excluding hydrogens is 242 g/mol. The largest absolute Gasteiger partial charge is 0.504 e. The zero-order valence-electron chi connectivity index (χ0n) is 11.5. The average molecular weight is 263 g/mol. The second-order valence-corrected chi connectivity index (χ2v) is 5.59. The minimum absolute atomic E-state index is 0.0235. The normalized spacial score (nSPS) is 15.2. The van der Waals surface area contributed by atoms with Crippen LogP contribution >= 0.6 is 0 Å². The summed E-state index contributed by atoms with van der Waals surface area (Å²) in [7, 11) is 0. The zero-order valence-corrected chi connectivity index (χ0v) is 11.5. The topological polar surface area (TPSA) is 60.8 Å². The molecule has 0 heterocycles. The van der Waals surface area contributed by atoms with Crippen LogP contribution in [-0.2, 0) is 0 Å². The molecule has 0 amide bonds. The third-order valence-corrected chi connectivity index (χ3v) is 3.56. The van der Waals surface area contributed by atoms with E-state index in [0.29, 0.717) is 18.2 Å². The van der Waals surface area contributed by atoms with Gasteiger partial charge in [-0.25, -0.2) is 0 Å². The molecule has 19 heavy (non-hydrogen) atoms. The van der Waals surface area contributed by atoms with Gasteiger partial charge in [-0.2, -0.15) is 0 Å². The predicted molar refractivity (Wildman–Crippen MR) is 73.5 cm³/mol. The van der Waals surface area contributed by atoms with Crippen molar-refractivity contribution < 1.29 is 15.0 Å². The number of ketones is 1. The Bertz CT molecular complexity index is 466. The molecule has 0 bridgehead atoms. The molecule has 1 saturated carbocycles. The molecule has 1 aliphatic rings. The van der Waals surface area contributed by atoms with Crippen molar-refractivity contribution in [3.63, 3.8) is 0 Å². The molecule has 2 rings (SSSR count). The lowest BCUT2D eigenvalue weighted by Gasteiger charge is -2.25. The maximum atomic E-state index is 12.2. The van der Waals surface area contributed by atoms with Crippen LogP contribution in [0.5, 0.6) is 11.5 Å². The second kappa shape index (κ2) is 5.61. The number of nitrogens with zero attached hydrogens (tertiary/aromatic N) is 1. The summed E-state index contributed by atoms with van der Waals surface area (Å²) >= 11 is 0. The highest BCUT2D eigenvalue weighted by Gasteiger charge is 2.26. The molecule has 0 aliphatic heterocycles. The summed E-state index contributed by atoms with van der Waals surface area (Å²) in [6, 6.07) is 4.55. The molecule has 0 radical (unpaired) electrons. The molecule has 0 atom stereocenters. The number of carbonyl (C=O) groups is 1. The second-order valence-electron chi connectivity index (χ2n) is 5.59. The van der Waals surface area contributed by atoms with Crippen LogP contribution in [0, 0.1) is 5.92 Å².